The van der Waals surface area contributed by atoms with Gasteiger partial charge in [0.15, 0.2) is 17.0 Å². The van der Waals surface area contributed by atoms with Gasteiger partial charge in [0.05, 0.1) is 6.54 Å². The number of nitrogen functional groups attached to an aromatic ring is 1. The molecule has 7 nitrogen and oxygen atoms in total. The Labute approximate surface area is 165 Å². The van der Waals surface area contributed by atoms with Gasteiger partial charge in [-0.25, -0.2) is 4.57 Å². The molecule has 1 aliphatic heterocycles. The Bertz CT molecular complexity index is 1150. The number of fused-ring (bicyclic) bond motifs is 2. The highest BCUT2D eigenvalue weighted by atomic mass is 32.2. The molecule has 28 heavy (non-hydrogen) atoms. The SMILES string of the molecule is Nc1nc[n+](CCc2ccccc2)c2nc(Sc3ccc4c(c3)OCO4)[nH]c12. The lowest BCUT2D eigenvalue weighted by Crippen LogP contribution is -2.36. The third kappa shape index (κ3) is 3.22. The van der Waals surface area contributed by atoms with E-state index in [1.54, 1.807) is 6.33 Å². The molecular weight excluding hydrogens is 374 g/mol. The first-order valence-corrected chi connectivity index (χ1v) is 9.73. The van der Waals surface area contributed by atoms with Crippen LogP contribution in [-0.2, 0) is 13.0 Å². The Morgan fingerprint density at radius 1 is 1.11 bits per heavy atom. The maximum absolute atomic E-state index is 6.07. The molecular formula is C20H18N5O2S+. The summed E-state index contributed by atoms with van der Waals surface area (Å²) >= 11 is 1.51. The van der Waals surface area contributed by atoms with Crippen molar-refractivity contribution in [3.63, 3.8) is 0 Å². The summed E-state index contributed by atoms with van der Waals surface area (Å²) in [6, 6.07) is 16.2. The van der Waals surface area contributed by atoms with Crippen molar-refractivity contribution in [2.75, 3.05) is 12.5 Å². The van der Waals surface area contributed by atoms with Crippen LogP contribution in [0.4, 0.5) is 5.82 Å². The van der Waals surface area contributed by atoms with Crippen LogP contribution in [-0.4, -0.2) is 21.7 Å². The minimum Gasteiger partial charge on any atom is -0.454 e. The van der Waals surface area contributed by atoms with E-state index in [-0.39, 0.29) is 6.79 Å². The molecule has 3 N–H and O–H groups in total. The van der Waals surface area contributed by atoms with Crippen LogP contribution in [0.5, 0.6) is 11.5 Å². The van der Waals surface area contributed by atoms with Crippen molar-refractivity contribution in [1.82, 2.24) is 15.0 Å². The van der Waals surface area contributed by atoms with Crippen molar-refractivity contribution >= 4 is 28.7 Å². The lowest BCUT2D eigenvalue weighted by atomic mass is 10.1. The van der Waals surface area contributed by atoms with E-state index in [4.69, 9.17) is 20.2 Å². The number of aromatic nitrogens is 4. The van der Waals surface area contributed by atoms with Gasteiger partial charge < -0.3 is 20.2 Å². The van der Waals surface area contributed by atoms with Crippen molar-refractivity contribution in [3.05, 3.63) is 60.4 Å². The molecule has 0 atom stereocenters. The van der Waals surface area contributed by atoms with E-state index < -0.39 is 0 Å². The van der Waals surface area contributed by atoms with E-state index >= 15 is 0 Å². The Hall–Kier alpha value is -3.26. The minimum absolute atomic E-state index is 0.262. The van der Waals surface area contributed by atoms with E-state index in [0.717, 1.165) is 45.7 Å². The van der Waals surface area contributed by atoms with Gasteiger partial charge in [0.2, 0.25) is 24.1 Å². The van der Waals surface area contributed by atoms with Gasteiger partial charge in [0, 0.05) is 11.3 Å². The summed E-state index contributed by atoms with van der Waals surface area (Å²) < 4.78 is 12.8. The molecule has 0 saturated carbocycles. The maximum Gasteiger partial charge on any atom is 0.294 e. The third-order valence-electron chi connectivity index (χ3n) is 4.57. The molecule has 0 amide bonds. The Morgan fingerprint density at radius 2 is 1.96 bits per heavy atom. The van der Waals surface area contributed by atoms with Crippen LogP contribution in [0.2, 0.25) is 0 Å². The van der Waals surface area contributed by atoms with Crippen LogP contribution < -0.4 is 19.8 Å². The highest BCUT2D eigenvalue weighted by molar-refractivity contribution is 7.99. The molecule has 2 aromatic carbocycles. The van der Waals surface area contributed by atoms with Crippen molar-refractivity contribution in [2.45, 2.75) is 23.0 Å². The lowest BCUT2D eigenvalue weighted by Gasteiger charge is -2.02. The van der Waals surface area contributed by atoms with Crippen LogP contribution in [0, 0.1) is 0 Å². The average molecular weight is 392 g/mol. The first-order chi connectivity index (χ1) is 13.8. The van der Waals surface area contributed by atoms with Gasteiger partial charge in [0.1, 0.15) is 0 Å². The lowest BCUT2D eigenvalue weighted by molar-refractivity contribution is -0.675. The molecule has 140 valence electrons. The first kappa shape index (κ1) is 16.9. The predicted octanol–water partition coefficient (Wildman–Crippen LogP) is 2.95. The number of rotatable bonds is 5. The number of anilines is 1. The Balaban J connectivity index is 1.42. The molecule has 0 unspecified atom stereocenters. The molecule has 4 aromatic rings. The second kappa shape index (κ2) is 7.05. The number of H-pyrrole nitrogens is 1. The summed E-state index contributed by atoms with van der Waals surface area (Å²) in [5, 5.41) is 0.752. The quantitative estimate of drug-likeness (QED) is 0.508. The van der Waals surface area contributed by atoms with Gasteiger partial charge in [-0.1, -0.05) is 40.3 Å². The number of imidazole rings is 1. The third-order valence-corrected chi connectivity index (χ3v) is 5.45. The molecule has 3 heterocycles. The number of hydrogen-bond acceptors (Lipinski definition) is 6. The van der Waals surface area contributed by atoms with E-state index in [0.29, 0.717) is 5.82 Å². The average Bonchev–Trinajstić information content (AvgIpc) is 3.35. The smallest absolute Gasteiger partial charge is 0.294 e. The molecule has 0 fully saturated rings. The van der Waals surface area contributed by atoms with Crippen molar-refractivity contribution < 1.29 is 14.0 Å². The molecule has 5 rings (SSSR count). The fraction of sp³-hybridized carbons (Fsp3) is 0.150. The molecule has 0 radical (unpaired) electrons. The number of hydrogen-bond donors (Lipinski definition) is 2. The number of nitrogens with two attached hydrogens (primary N) is 1. The van der Waals surface area contributed by atoms with Gasteiger partial charge in [-0.15, -0.1) is 0 Å². The molecule has 0 saturated heterocycles. The fourth-order valence-corrected chi connectivity index (χ4v) is 3.95. The summed E-state index contributed by atoms with van der Waals surface area (Å²) in [5.74, 6) is 1.96. The highest BCUT2D eigenvalue weighted by Crippen LogP contribution is 2.37. The maximum atomic E-state index is 6.07. The summed E-state index contributed by atoms with van der Waals surface area (Å²) in [4.78, 5) is 13.4. The van der Waals surface area contributed by atoms with Gasteiger partial charge in [-0.05, 0) is 35.5 Å². The monoisotopic (exact) mass is 392 g/mol. The summed E-state index contributed by atoms with van der Waals surface area (Å²) in [6.45, 7) is 1.03. The highest BCUT2D eigenvalue weighted by Gasteiger charge is 2.20. The van der Waals surface area contributed by atoms with Gasteiger partial charge >= 0.3 is 0 Å². The summed E-state index contributed by atoms with van der Waals surface area (Å²) in [7, 11) is 0. The van der Waals surface area contributed by atoms with Crippen LogP contribution in [0.1, 0.15) is 5.56 Å². The molecule has 2 aromatic heterocycles. The Morgan fingerprint density at radius 3 is 2.86 bits per heavy atom. The van der Waals surface area contributed by atoms with E-state index in [1.807, 2.05) is 41.0 Å². The van der Waals surface area contributed by atoms with Crippen molar-refractivity contribution in [1.29, 1.82) is 0 Å². The summed E-state index contributed by atoms with van der Waals surface area (Å²) in [5.41, 5.74) is 8.89. The topological polar surface area (TPSA) is 89.9 Å². The number of nitrogens with zero attached hydrogens (tertiary/aromatic N) is 3. The van der Waals surface area contributed by atoms with Crippen molar-refractivity contribution in [3.8, 4) is 11.5 Å². The molecule has 0 bridgehead atoms. The zero-order valence-corrected chi connectivity index (χ0v) is 15.8. The molecule has 0 spiro atoms. The molecule has 0 aliphatic carbocycles. The van der Waals surface area contributed by atoms with Gasteiger partial charge in [-0.2, -0.15) is 0 Å². The Kier molecular flexibility index (Phi) is 4.25. The van der Waals surface area contributed by atoms with Crippen molar-refractivity contribution in [2.24, 2.45) is 0 Å². The molecule has 1 aliphatic rings. The zero-order valence-electron chi connectivity index (χ0n) is 15.0. The number of benzene rings is 2. The van der Waals surface area contributed by atoms with Crippen LogP contribution in [0.25, 0.3) is 11.2 Å². The second-order valence-corrected chi connectivity index (χ2v) is 7.48. The molecule has 8 heteroatoms. The predicted molar refractivity (Wildman–Crippen MR) is 105 cm³/mol. The minimum atomic E-state index is 0.262. The van der Waals surface area contributed by atoms with E-state index in [1.165, 1.54) is 17.3 Å². The van der Waals surface area contributed by atoms with Crippen LogP contribution >= 0.6 is 11.8 Å². The van der Waals surface area contributed by atoms with Crippen LogP contribution in [0.3, 0.4) is 0 Å². The van der Waals surface area contributed by atoms with E-state index in [9.17, 15) is 0 Å². The van der Waals surface area contributed by atoms with Gasteiger partial charge in [-0.3, -0.25) is 0 Å². The number of aryl methyl sites for hydroxylation is 2. The zero-order chi connectivity index (χ0) is 18.9. The second-order valence-electron chi connectivity index (χ2n) is 6.42. The number of ether oxygens (including phenoxy) is 2. The summed E-state index contributed by atoms with van der Waals surface area (Å²) in [6.07, 6.45) is 2.64. The normalized spacial score (nSPS) is 12.6. The van der Waals surface area contributed by atoms with Crippen LogP contribution in [0.15, 0.2) is 64.9 Å². The standard InChI is InChI=1S/C20H17N5O2S/c21-18-17-19(25(11-22-18)9-8-13-4-2-1-3-5-13)24-20(23-17)28-14-6-7-15-16(10-14)27-12-26-15/h1-7,10-11H,8-9,12H2,(H2,21,23,24)/p+1. The van der Waals surface area contributed by atoms with E-state index in [2.05, 4.69) is 22.1 Å². The number of aromatic amines is 1. The fourth-order valence-electron chi connectivity index (χ4n) is 3.14. The first-order valence-electron chi connectivity index (χ1n) is 8.91. The number of nitrogens with one attached hydrogen (secondary N) is 1. The largest absolute Gasteiger partial charge is 0.454 e. The van der Waals surface area contributed by atoms with Gasteiger partial charge in [0.25, 0.3) is 5.65 Å².